The number of benzene rings is 3. The lowest BCUT2D eigenvalue weighted by molar-refractivity contribution is 0.286. The van der Waals surface area contributed by atoms with E-state index in [4.69, 9.17) is 9.97 Å². The molecule has 0 fully saturated rings. The van der Waals surface area contributed by atoms with Gasteiger partial charge in [0.2, 0.25) is 0 Å². The van der Waals surface area contributed by atoms with E-state index in [9.17, 15) is 0 Å². The Labute approximate surface area is 224 Å². The summed E-state index contributed by atoms with van der Waals surface area (Å²) in [5.74, 6) is 0.880. The summed E-state index contributed by atoms with van der Waals surface area (Å²) >= 11 is 0. The molecule has 0 bridgehead atoms. The predicted octanol–water partition coefficient (Wildman–Crippen LogP) is 9.39. The van der Waals surface area contributed by atoms with Gasteiger partial charge in [0.25, 0.3) is 0 Å². The van der Waals surface area contributed by atoms with Crippen LogP contribution in [0.25, 0.3) is 49.3 Å². The maximum Gasteiger partial charge on any atom is 0.0974 e. The minimum Gasteiger partial charge on any atom is -0.251 e. The number of pyridine rings is 2. The molecule has 2 aromatic heterocycles. The molecule has 2 heteroatoms. The minimum absolute atomic E-state index is 0.134. The lowest BCUT2D eigenvalue weighted by Crippen LogP contribution is -2.32. The number of rotatable bonds is 2. The van der Waals surface area contributed by atoms with Crippen molar-refractivity contribution < 1.29 is 0 Å². The van der Waals surface area contributed by atoms with E-state index in [2.05, 4.69) is 125 Å². The maximum absolute atomic E-state index is 5.12. The first kappa shape index (κ1) is 23.1. The van der Waals surface area contributed by atoms with E-state index in [1.54, 1.807) is 0 Å². The van der Waals surface area contributed by atoms with Crippen LogP contribution in [0, 0.1) is 31.1 Å². The van der Waals surface area contributed by atoms with Gasteiger partial charge in [-0.05, 0) is 76.8 Å². The molecule has 0 saturated carbocycles. The first-order chi connectivity index (χ1) is 18.4. The highest BCUT2D eigenvalue weighted by molar-refractivity contribution is 6.13. The fourth-order valence-corrected chi connectivity index (χ4v) is 7.00. The third kappa shape index (κ3) is 3.55. The van der Waals surface area contributed by atoms with E-state index in [0.29, 0.717) is 11.8 Å². The summed E-state index contributed by atoms with van der Waals surface area (Å²) in [5, 5.41) is 4.86. The first-order valence-electron chi connectivity index (χ1n) is 13.7. The smallest absolute Gasteiger partial charge is 0.0974 e. The van der Waals surface area contributed by atoms with Gasteiger partial charge in [-0.25, -0.2) is 0 Å². The van der Waals surface area contributed by atoms with Crippen LogP contribution in [0.2, 0.25) is 0 Å². The molecule has 0 spiro atoms. The fourth-order valence-electron chi connectivity index (χ4n) is 7.00. The second-order valence-corrected chi connectivity index (χ2v) is 11.5. The highest BCUT2D eigenvalue weighted by Gasteiger charge is 2.39. The fraction of sp³-hybridized carbons (Fsp3) is 0.222. The molecule has 186 valence electrons. The van der Waals surface area contributed by atoms with Crippen LogP contribution in [0.1, 0.15) is 37.2 Å². The number of hydrogen-bond acceptors (Lipinski definition) is 2. The molecule has 0 radical (unpaired) electrons. The average Bonchev–Trinajstić information content (AvgIpc) is 2.91. The summed E-state index contributed by atoms with van der Waals surface area (Å²) in [4.78, 5) is 10.2. The zero-order valence-corrected chi connectivity index (χ0v) is 22.5. The van der Waals surface area contributed by atoms with Crippen molar-refractivity contribution in [3.63, 3.8) is 0 Å². The second-order valence-electron chi connectivity index (χ2n) is 11.5. The Balaban J connectivity index is 1.51. The van der Waals surface area contributed by atoms with Crippen molar-refractivity contribution in [2.45, 2.75) is 34.1 Å². The van der Waals surface area contributed by atoms with Gasteiger partial charge in [0.1, 0.15) is 0 Å². The lowest BCUT2D eigenvalue weighted by Gasteiger charge is -2.42. The first-order valence-corrected chi connectivity index (χ1v) is 13.7. The summed E-state index contributed by atoms with van der Waals surface area (Å²) in [5.41, 5.74) is 9.34. The van der Waals surface area contributed by atoms with Crippen LogP contribution in [-0.4, -0.2) is 9.97 Å². The molecule has 38 heavy (non-hydrogen) atoms. The lowest BCUT2D eigenvalue weighted by atomic mass is 9.61. The van der Waals surface area contributed by atoms with Crippen LogP contribution in [-0.2, 0) is 0 Å². The van der Waals surface area contributed by atoms with Crippen LogP contribution in [0.5, 0.6) is 0 Å². The van der Waals surface area contributed by atoms with E-state index in [0.717, 1.165) is 27.8 Å². The second kappa shape index (κ2) is 8.49. The third-order valence-electron chi connectivity index (χ3n) is 8.57. The molecule has 3 atom stereocenters. The van der Waals surface area contributed by atoms with Crippen molar-refractivity contribution in [2.24, 2.45) is 17.3 Å². The average molecular weight is 493 g/mol. The Kier molecular flexibility index (Phi) is 5.16. The van der Waals surface area contributed by atoms with E-state index in [1.165, 1.54) is 44.8 Å². The molecular formula is C36H32N2. The molecular weight excluding hydrogens is 460 g/mol. The number of hydrogen-bond donors (Lipinski definition) is 0. The largest absolute Gasteiger partial charge is 0.251 e. The molecule has 3 aromatic carbocycles. The molecule has 7 rings (SSSR count). The number of aryl methyl sites for hydroxylation is 2. The Hall–Kier alpha value is -4.04. The Morgan fingerprint density at radius 3 is 2.21 bits per heavy atom. The van der Waals surface area contributed by atoms with Gasteiger partial charge in [-0.1, -0.05) is 98.8 Å². The van der Waals surface area contributed by atoms with Crippen molar-refractivity contribution in [3.8, 4) is 11.1 Å². The quantitative estimate of drug-likeness (QED) is 0.229. The third-order valence-corrected chi connectivity index (χ3v) is 8.57. The van der Waals surface area contributed by atoms with Crippen LogP contribution < -0.4 is 0 Å². The molecule has 2 nitrogen and oxygen atoms in total. The normalized spacial score (nSPS) is 22.7. The van der Waals surface area contributed by atoms with Gasteiger partial charge in [0.05, 0.1) is 11.0 Å². The van der Waals surface area contributed by atoms with Gasteiger partial charge < -0.3 is 0 Å². The molecule has 2 heterocycles. The SMILES string of the molecule is Cc1cc(C2=CC(C)CC3(C)C=CC=CC23)c2ccc3c(-c4cccc5ccccc45)cc(C)nc3c2n1. The van der Waals surface area contributed by atoms with Gasteiger partial charge in [0, 0.05) is 28.1 Å². The molecule has 0 N–H and O–H groups in total. The van der Waals surface area contributed by atoms with Crippen LogP contribution >= 0.6 is 0 Å². The number of nitrogens with zero attached hydrogens (tertiary/aromatic N) is 2. The van der Waals surface area contributed by atoms with Gasteiger partial charge in [0.15, 0.2) is 0 Å². The van der Waals surface area contributed by atoms with E-state index < -0.39 is 0 Å². The highest BCUT2D eigenvalue weighted by atomic mass is 14.8. The van der Waals surface area contributed by atoms with E-state index in [1.807, 2.05) is 0 Å². The van der Waals surface area contributed by atoms with E-state index >= 15 is 0 Å². The highest BCUT2D eigenvalue weighted by Crippen LogP contribution is 2.51. The van der Waals surface area contributed by atoms with Gasteiger partial charge in [-0.3, -0.25) is 9.97 Å². The summed E-state index contributed by atoms with van der Waals surface area (Å²) < 4.78 is 0. The Morgan fingerprint density at radius 2 is 1.42 bits per heavy atom. The zero-order chi connectivity index (χ0) is 26.0. The molecule has 0 amide bonds. The van der Waals surface area contributed by atoms with Crippen molar-refractivity contribution >= 4 is 38.2 Å². The maximum atomic E-state index is 5.12. The van der Waals surface area contributed by atoms with Crippen molar-refractivity contribution in [2.75, 3.05) is 0 Å². The predicted molar refractivity (Wildman–Crippen MR) is 161 cm³/mol. The van der Waals surface area contributed by atoms with Gasteiger partial charge in [-0.2, -0.15) is 0 Å². The molecule has 5 aromatic rings. The molecule has 3 unspecified atom stereocenters. The topological polar surface area (TPSA) is 25.8 Å². The summed E-state index contributed by atoms with van der Waals surface area (Å²) in [7, 11) is 0. The number of allylic oxidation sites excluding steroid dienone is 6. The summed E-state index contributed by atoms with van der Waals surface area (Å²) in [6.07, 6.45) is 12.9. The summed E-state index contributed by atoms with van der Waals surface area (Å²) in [6.45, 7) is 8.97. The molecule has 0 aliphatic heterocycles. The Bertz CT molecular complexity index is 1850. The van der Waals surface area contributed by atoms with Crippen LogP contribution in [0.3, 0.4) is 0 Å². The molecule has 2 aliphatic rings. The monoisotopic (exact) mass is 492 g/mol. The standard InChI is InChI=1S/C36H32N2/c1-22-18-32(33-14-7-8-17-36(33,4)21-22)31-20-24(3)38-35-29(31)16-15-28-30(19-23(2)37-34(28)35)27-13-9-11-25-10-5-6-12-26(25)27/h5-20,22,33H,21H2,1-4H3. The number of fused-ring (bicyclic) bond motifs is 5. The minimum atomic E-state index is 0.134. The van der Waals surface area contributed by atoms with Crippen molar-refractivity contribution in [3.05, 3.63) is 114 Å². The molecule has 2 aliphatic carbocycles. The number of aromatic nitrogens is 2. The van der Waals surface area contributed by atoms with Crippen LogP contribution in [0.4, 0.5) is 0 Å². The van der Waals surface area contributed by atoms with Crippen molar-refractivity contribution in [1.82, 2.24) is 9.97 Å². The van der Waals surface area contributed by atoms with Crippen LogP contribution in [0.15, 0.2) is 97.1 Å². The summed E-state index contributed by atoms with van der Waals surface area (Å²) in [6, 6.07) is 24.3. The molecule has 0 saturated heterocycles. The van der Waals surface area contributed by atoms with E-state index in [-0.39, 0.29) is 5.41 Å². The Morgan fingerprint density at radius 1 is 0.737 bits per heavy atom. The van der Waals surface area contributed by atoms with Gasteiger partial charge >= 0.3 is 0 Å². The van der Waals surface area contributed by atoms with Crippen molar-refractivity contribution in [1.29, 1.82) is 0 Å². The zero-order valence-electron chi connectivity index (χ0n) is 22.5. The van der Waals surface area contributed by atoms with Gasteiger partial charge in [-0.15, -0.1) is 0 Å².